The van der Waals surface area contributed by atoms with Crippen LogP contribution in [0.2, 0.25) is 0 Å². The van der Waals surface area contributed by atoms with E-state index in [2.05, 4.69) is 15.3 Å². The van der Waals surface area contributed by atoms with Crippen LogP contribution in [0.15, 0.2) is 35.9 Å². The van der Waals surface area contributed by atoms with Crippen LogP contribution in [-0.2, 0) is 22.6 Å². The lowest BCUT2D eigenvalue weighted by Crippen LogP contribution is -2.12. The molecule has 0 atom stereocenters. The van der Waals surface area contributed by atoms with Gasteiger partial charge in [0.15, 0.2) is 0 Å². The number of aromatic nitrogens is 2. The fourth-order valence-electron chi connectivity index (χ4n) is 4.13. The Labute approximate surface area is 191 Å². The van der Waals surface area contributed by atoms with Crippen molar-refractivity contribution in [1.82, 2.24) is 9.97 Å². The summed E-state index contributed by atoms with van der Waals surface area (Å²) in [5, 5.41) is 2.81. The van der Waals surface area contributed by atoms with Gasteiger partial charge in [-0.3, -0.25) is 10.1 Å². The lowest BCUT2D eigenvalue weighted by Gasteiger charge is -2.18. The molecule has 172 valence electrons. The Morgan fingerprint density at radius 3 is 2.70 bits per heavy atom. The summed E-state index contributed by atoms with van der Waals surface area (Å²) in [6, 6.07) is 7.61. The highest BCUT2D eigenvalue weighted by atomic mass is 16.5. The van der Waals surface area contributed by atoms with E-state index >= 15 is 0 Å². The first-order chi connectivity index (χ1) is 15.9. The number of hydrogen-bond acceptors (Lipinski definition) is 6. The standard InChI is InChI=1S/C25H27N3O5/c1-14(10-12-20(29)28-25-26-18-7-5-6-8-19(18)27-25)9-11-16-22(31-3)15(2)17-13-33-24(30)21(17)23(16)32-4/h5-9H,10-13H2,1-4H3,(H2,26,27,28,29)/b14-9+. The number of benzene rings is 2. The van der Waals surface area contributed by atoms with E-state index in [1.807, 2.05) is 44.2 Å². The number of methoxy groups -OCH3 is 2. The number of esters is 1. The van der Waals surface area contributed by atoms with Crippen molar-refractivity contribution < 1.29 is 23.8 Å². The summed E-state index contributed by atoms with van der Waals surface area (Å²) in [6.45, 7) is 4.12. The molecule has 2 N–H and O–H groups in total. The number of fused-ring (bicyclic) bond motifs is 2. The van der Waals surface area contributed by atoms with Gasteiger partial charge in [-0.05, 0) is 44.4 Å². The van der Waals surface area contributed by atoms with E-state index in [4.69, 9.17) is 14.2 Å². The molecule has 33 heavy (non-hydrogen) atoms. The van der Waals surface area contributed by atoms with Gasteiger partial charge in [-0.25, -0.2) is 9.78 Å². The minimum atomic E-state index is -0.378. The molecule has 0 saturated carbocycles. The number of para-hydroxylation sites is 2. The average Bonchev–Trinajstić information content (AvgIpc) is 3.39. The number of aromatic amines is 1. The van der Waals surface area contributed by atoms with Gasteiger partial charge in [0.25, 0.3) is 0 Å². The first kappa shape index (κ1) is 22.4. The van der Waals surface area contributed by atoms with Crippen molar-refractivity contribution in [1.29, 1.82) is 0 Å². The molecule has 0 radical (unpaired) electrons. The third-order valence-electron chi connectivity index (χ3n) is 5.88. The minimum Gasteiger partial charge on any atom is -0.496 e. The molecule has 0 unspecified atom stereocenters. The third kappa shape index (κ3) is 4.41. The topological polar surface area (TPSA) is 103 Å². The molecule has 2 heterocycles. The number of rotatable bonds is 8. The maximum atomic E-state index is 12.4. The summed E-state index contributed by atoms with van der Waals surface area (Å²) in [7, 11) is 3.15. The summed E-state index contributed by atoms with van der Waals surface area (Å²) >= 11 is 0. The van der Waals surface area contributed by atoms with E-state index in [9.17, 15) is 9.59 Å². The van der Waals surface area contributed by atoms with Crippen LogP contribution in [-0.4, -0.2) is 36.1 Å². The zero-order valence-corrected chi connectivity index (χ0v) is 19.2. The second-order valence-corrected chi connectivity index (χ2v) is 8.01. The maximum absolute atomic E-state index is 12.4. The molecule has 0 aliphatic carbocycles. The summed E-state index contributed by atoms with van der Waals surface area (Å²) in [4.78, 5) is 32.1. The van der Waals surface area contributed by atoms with Gasteiger partial charge >= 0.3 is 5.97 Å². The Kier molecular flexibility index (Phi) is 6.35. The number of carbonyl (C=O) groups is 2. The summed E-state index contributed by atoms with van der Waals surface area (Å²) in [6.07, 6.45) is 3.44. The van der Waals surface area contributed by atoms with Gasteiger partial charge in [-0.2, -0.15) is 0 Å². The Bertz CT molecular complexity index is 1230. The van der Waals surface area contributed by atoms with E-state index in [0.29, 0.717) is 42.3 Å². The van der Waals surface area contributed by atoms with Crippen molar-refractivity contribution in [2.45, 2.75) is 39.7 Å². The van der Waals surface area contributed by atoms with E-state index in [1.165, 1.54) is 0 Å². The predicted molar refractivity (Wildman–Crippen MR) is 125 cm³/mol. The lowest BCUT2D eigenvalue weighted by atomic mass is 9.94. The predicted octanol–water partition coefficient (Wildman–Crippen LogP) is 4.47. The SMILES string of the molecule is COc1c(C)c2c(c(OC)c1C/C=C(\C)CCC(=O)Nc1nc3ccccc3[nH]1)C(=O)OC2. The van der Waals surface area contributed by atoms with Gasteiger partial charge in [-0.15, -0.1) is 0 Å². The first-order valence-corrected chi connectivity index (χ1v) is 10.8. The second kappa shape index (κ2) is 9.36. The van der Waals surface area contributed by atoms with E-state index in [0.717, 1.165) is 33.3 Å². The molecule has 1 amide bonds. The number of nitrogens with one attached hydrogen (secondary N) is 2. The van der Waals surface area contributed by atoms with Gasteiger partial charge < -0.3 is 19.2 Å². The van der Waals surface area contributed by atoms with Crippen molar-refractivity contribution in [3.05, 3.63) is 58.2 Å². The molecule has 2 aromatic carbocycles. The quantitative estimate of drug-likeness (QED) is 0.389. The van der Waals surface area contributed by atoms with Gasteiger partial charge in [0, 0.05) is 17.5 Å². The van der Waals surface area contributed by atoms with Gasteiger partial charge in [0.2, 0.25) is 11.9 Å². The molecule has 0 spiro atoms. The van der Waals surface area contributed by atoms with Crippen LogP contribution in [0, 0.1) is 6.92 Å². The number of hydrogen-bond donors (Lipinski definition) is 2. The molecule has 4 rings (SSSR count). The maximum Gasteiger partial charge on any atom is 0.342 e. The van der Waals surface area contributed by atoms with Gasteiger partial charge in [0.1, 0.15) is 23.7 Å². The second-order valence-electron chi connectivity index (χ2n) is 8.01. The van der Waals surface area contributed by atoms with Crippen LogP contribution < -0.4 is 14.8 Å². The van der Waals surface area contributed by atoms with Crippen LogP contribution in [0.3, 0.4) is 0 Å². The summed E-state index contributed by atoms with van der Waals surface area (Å²) in [5.74, 6) is 1.12. The molecule has 3 aromatic rings. The number of ether oxygens (including phenoxy) is 3. The van der Waals surface area contributed by atoms with Crippen molar-refractivity contribution in [3.8, 4) is 11.5 Å². The fourth-order valence-corrected chi connectivity index (χ4v) is 4.13. The van der Waals surface area contributed by atoms with Crippen LogP contribution in [0.25, 0.3) is 11.0 Å². The molecular weight excluding hydrogens is 422 g/mol. The number of allylic oxidation sites excluding steroid dienone is 2. The van der Waals surface area contributed by atoms with Crippen LogP contribution >= 0.6 is 0 Å². The molecular formula is C25H27N3O5. The molecule has 0 fully saturated rings. The van der Waals surface area contributed by atoms with E-state index < -0.39 is 0 Å². The molecule has 8 nitrogen and oxygen atoms in total. The van der Waals surface area contributed by atoms with Crippen molar-refractivity contribution in [2.75, 3.05) is 19.5 Å². The number of imidazole rings is 1. The highest BCUT2D eigenvalue weighted by Gasteiger charge is 2.32. The smallest absolute Gasteiger partial charge is 0.342 e. The number of nitrogens with zero attached hydrogens (tertiary/aromatic N) is 1. The number of carbonyl (C=O) groups excluding carboxylic acids is 2. The largest absolute Gasteiger partial charge is 0.496 e. The molecule has 8 heteroatoms. The van der Waals surface area contributed by atoms with Crippen LogP contribution in [0.1, 0.15) is 46.8 Å². The number of H-pyrrole nitrogens is 1. The third-order valence-corrected chi connectivity index (χ3v) is 5.88. The Balaban J connectivity index is 1.44. The Morgan fingerprint density at radius 2 is 1.97 bits per heavy atom. The number of anilines is 1. The molecule has 1 aromatic heterocycles. The van der Waals surface area contributed by atoms with Crippen molar-refractivity contribution >= 4 is 28.9 Å². The molecule has 0 saturated heterocycles. The van der Waals surface area contributed by atoms with Crippen LogP contribution in [0.4, 0.5) is 5.95 Å². The molecule has 1 aliphatic heterocycles. The molecule has 1 aliphatic rings. The highest BCUT2D eigenvalue weighted by Crippen LogP contribution is 2.42. The Hall–Kier alpha value is -3.81. The van der Waals surface area contributed by atoms with Gasteiger partial charge in [0.05, 0.1) is 25.3 Å². The lowest BCUT2D eigenvalue weighted by molar-refractivity contribution is -0.116. The number of amides is 1. The normalized spacial score (nSPS) is 13.1. The van der Waals surface area contributed by atoms with Crippen LogP contribution in [0.5, 0.6) is 11.5 Å². The highest BCUT2D eigenvalue weighted by molar-refractivity contribution is 5.98. The van der Waals surface area contributed by atoms with E-state index in [-0.39, 0.29) is 18.5 Å². The van der Waals surface area contributed by atoms with Gasteiger partial charge in [-0.1, -0.05) is 23.8 Å². The van der Waals surface area contributed by atoms with E-state index in [1.54, 1.807) is 14.2 Å². The Morgan fingerprint density at radius 1 is 1.21 bits per heavy atom. The summed E-state index contributed by atoms with van der Waals surface area (Å²) < 4.78 is 16.5. The summed E-state index contributed by atoms with van der Waals surface area (Å²) in [5.41, 5.74) is 5.68. The fraction of sp³-hybridized carbons (Fsp3) is 0.320. The zero-order valence-electron chi connectivity index (χ0n) is 19.2. The first-order valence-electron chi connectivity index (χ1n) is 10.8. The van der Waals surface area contributed by atoms with Crippen molar-refractivity contribution in [2.24, 2.45) is 0 Å². The monoisotopic (exact) mass is 449 g/mol. The molecule has 0 bridgehead atoms. The average molecular weight is 450 g/mol. The minimum absolute atomic E-state index is 0.118. The number of cyclic esters (lactones) is 1. The zero-order chi connectivity index (χ0) is 23.5. The van der Waals surface area contributed by atoms with Crippen molar-refractivity contribution in [3.63, 3.8) is 0 Å².